The quantitative estimate of drug-likeness (QED) is 0.644. The number of nitrogens with zero attached hydrogens (tertiary/aromatic N) is 3. The summed E-state index contributed by atoms with van der Waals surface area (Å²) in [5, 5.41) is 3.11. The van der Waals surface area contributed by atoms with Crippen LogP contribution in [0.4, 0.5) is 13.2 Å². The molecule has 4 nitrogen and oxygen atoms in total. The topological polar surface area (TPSA) is 47.8 Å². The first kappa shape index (κ1) is 15.2. The fraction of sp³-hybridized carbons (Fsp3) is 0.154. The van der Waals surface area contributed by atoms with Gasteiger partial charge in [0.1, 0.15) is 10.8 Å². The second kappa shape index (κ2) is 5.69. The summed E-state index contributed by atoms with van der Waals surface area (Å²) in [5.41, 5.74) is -1.36. The van der Waals surface area contributed by atoms with Crippen molar-refractivity contribution < 1.29 is 18.0 Å². The van der Waals surface area contributed by atoms with Crippen LogP contribution in [0.15, 0.2) is 30.5 Å². The summed E-state index contributed by atoms with van der Waals surface area (Å²) in [7, 11) is 1.29. The van der Waals surface area contributed by atoms with Gasteiger partial charge in [0, 0.05) is 18.8 Å². The van der Waals surface area contributed by atoms with Gasteiger partial charge in [-0.05, 0) is 24.3 Å². The van der Waals surface area contributed by atoms with Gasteiger partial charge in [-0.1, -0.05) is 17.7 Å². The normalized spacial score (nSPS) is 12.0. The maximum atomic E-state index is 12.8. The van der Waals surface area contributed by atoms with Gasteiger partial charge in [0.05, 0.1) is 0 Å². The van der Waals surface area contributed by atoms with E-state index in [-0.39, 0.29) is 16.4 Å². The van der Waals surface area contributed by atoms with E-state index in [4.69, 9.17) is 11.6 Å². The van der Waals surface area contributed by atoms with Crippen LogP contribution < -0.4 is 0 Å². The van der Waals surface area contributed by atoms with E-state index in [1.165, 1.54) is 19.3 Å². The smallest absolute Gasteiger partial charge is 0.288 e. The molecule has 0 atom stereocenters. The second-order valence-electron chi connectivity index (χ2n) is 4.09. The molecule has 0 aliphatic carbocycles. The highest BCUT2D eigenvalue weighted by Gasteiger charge is 2.37. The Morgan fingerprint density at radius 3 is 2.67 bits per heavy atom. The Bertz CT molecular complexity index is 693. The van der Waals surface area contributed by atoms with E-state index < -0.39 is 17.7 Å². The van der Waals surface area contributed by atoms with Gasteiger partial charge in [0.25, 0.3) is 0 Å². The minimum atomic E-state index is -4.65. The fourth-order valence-electron chi connectivity index (χ4n) is 1.63. The first-order valence-corrected chi connectivity index (χ1v) is 6.11. The Kier molecular flexibility index (Phi) is 4.13. The molecule has 0 saturated heterocycles. The van der Waals surface area contributed by atoms with Gasteiger partial charge in [0.2, 0.25) is 5.78 Å². The molecule has 8 heteroatoms. The third-order valence-corrected chi connectivity index (χ3v) is 3.05. The van der Waals surface area contributed by atoms with Crippen molar-refractivity contribution in [2.75, 3.05) is 0 Å². The molecule has 2 rings (SSSR count). The number of aryl methyl sites for hydroxylation is 1. The number of carbonyl (C=O) groups excluding carboxylic acids is 1. The highest BCUT2D eigenvalue weighted by molar-refractivity contribution is 6.31. The largest absolute Gasteiger partial charge is 0.435 e. The van der Waals surface area contributed by atoms with E-state index >= 15 is 0 Å². The van der Waals surface area contributed by atoms with Gasteiger partial charge in [-0.3, -0.25) is 14.5 Å². The average molecular weight is 316 g/mol. The molecule has 0 aromatic carbocycles. The van der Waals surface area contributed by atoms with Gasteiger partial charge in [-0.15, -0.1) is 0 Å². The van der Waals surface area contributed by atoms with Crippen molar-refractivity contribution in [1.82, 2.24) is 14.8 Å². The van der Waals surface area contributed by atoms with E-state index in [0.717, 1.165) is 16.8 Å². The Morgan fingerprint density at radius 2 is 2.10 bits per heavy atom. The number of aromatic nitrogens is 3. The second-order valence-corrected chi connectivity index (χ2v) is 4.45. The van der Waals surface area contributed by atoms with Gasteiger partial charge in [0.15, 0.2) is 5.69 Å². The van der Waals surface area contributed by atoms with E-state index in [2.05, 4.69) is 10.1 Å². The number of hydrogen-bond acceptors (Lipinski definition) is 3. The maximum Gasteiger partial charge on any atom is 0.435 e. The first-order valence-electron chi connectivity index (χ1n) is 5.74. The lowest BCUT2D eigenvalue weighted by Crippen LogP contribution is -2.08. The number of pyridine rings is 1. The third-order valence-electron chi connectivity index (χ3n) is 2.60. The number of halogens is 4. The molecule has 0 unspecified atom stereocenters. The summed E-state index contributed by atoms with van der Waals surface area (Å²) < 4.78 is 39.4. The molecule has 0 saturated carbocycles. The zero-order valence-electron chi connectivity index (χ0n) is 10.7. The van der Waals surface area contributed by atoms with Crippen molar-refractivity contribution in [3.8, 4) is 0 Å². The van der Waals surface area contributed by atoms with Crippen LogP contribution in [0.25, 0.3) is 6.08 Å². The third kappa shape index (κ3) is 3.30. The molecule has 0 spiro atoms. The molecule has 0 N–H and O–H groups in total. The Balaban J connectivity index is 2.36. The number of carbonyl (C=O) groups is 1. The van der Waals surface area contributed by atoms with Crippen molar-refractivity contribution in [3.63, 3.8) is 0 Å². The maximum absolute atomic E-state index is 12.8. The molecule has 2 aromatic rings. The van der Waals surface area contributed by atoms with Crippen molar-refractivity contribution in [2.45, 2.75) is 6.18 Å². The Hall–Kier alpha value is -2.15. The Labute approximate surface area is 122 Å². The van der Waals surface area contributed by atoms with E-state index in [0.29, 0.717) is 0 Å². The molecule has 0 amide bonds. The predicted molar refractivity (Wildman–Crippen MR) is 70.8 cm³/mol. The summed E-state index contributed by atoms with van der Waals surface area (Å²) in [5.74, 6) is -0.524. The SMILES string of the molecule is Cn1nc(C(F)(F)F)c(/C=C/C(=O)c2ccccn2)c1Cl. The lowest BCUT2D eigenvalue weighted by Gasteiger charge is -2.02. The van der Waals surface area contributed by atoms with Crippen molar-refractivity contribution in [2.24, 2.45) is 7.05 Å². The number of allylic oxidation sites excluding steroid dienone is 1. The summed E-state index contributed by atoms with van der Waals surface area (Å²) in [6, 6.07) is 4.69. The minimum Gasteiger partial charge on any atom is -0.288 e. The first-order chi connectivity index (χ1) is 9.80. The highest BCUT2D eigenvalue weighted by Crippen LogP contribution is 2.34. The van der Waals surface area contributed by atoms with Crippen molar-refractivity contribution in [1.29, 1.82) is 0 Å². The summed E-state index contributed by atoms with van der Waals surface area (Å²) in [6.45, 7) is 0. The van der Waals surface area contributed by atoms with E-state index in [1.807, 2.05) is 0 Å². The minimum absolute atomic E-state index is 0.127. The van der Waals surface area contributed by atoms with Crippen LogP contribution in [0.1, 0.15) is 21.7 Å². The molecule has 2 heterocycles. The molecule has 0 radical (unpaired) electrons. The summed E-state index contributed by atoms with van der Waals surface area (Å²) in [6.07, 6.45) is -1.26. The van der Waals surface area contributed by atoms with Gasteiger partial charge < -0.3 is 0 Å². The lowest BCUT2D eigenvalue weighted by molar-refractivity contribution is -0.141. The molecule has 2 aromatic heterocycles. The number of hydrogen-bond donors (Lipinski definition) is 0. The molecule has 0 fully saturated rings. The predicted octanol–water partition coefficient (Wildman–Crippen LogP) is 3.38. The van der Waals surface area contributed by atoms with E-state index in [1.54, 1.807) is 12.1 Å². The molecule has 21 heavy (non-hydrogen) atoms. The van der Waals surface area contributed by atoms with E-state index in [9.17, 15) is 18.0 Å². The van der Waals surface area contributed by atoms with Gasteiger partial charge in [-0.2, -0.15) is 18.3 Å². The summed E-state index contributed by atoms with van der Waals surface area (Å²) in [4.78, 5) is 15.6. The fourth-order valence-corrected chi connectivity index (χ4v) is 1.82. The summed E-state index contributed by atoms with van der Waals surface area (Å²) >= 11 is 5.77. The van der Waals surface area contributed by atoms with Crippen LogP contribution in [0, 0.1) is 0 Å². The number of ketones is 1. The van der Waals surface area contributed by atoms with Gasteiger partial charge >= 0.3 is 6.18 Å². The van der Waals surface area contributed by atoms with Crippen molar-refractivity contribution in [3.05, 3.63) is 52.6 Å². The molecule has 0 bridgehead atoms. The molecule has 110 valence electrons. The highest BCUT2D eigenvalue weighted by atomic mass is 35.5. The zero-order chi connectivity index (χ0) is 15.6. The zero-order valence-corrected chi connectivity index (χ0v) is 11.5. The van der Waals surface area contributed by atoms with Crippen LogP contribution in [0.3, 0.4) is 0 Å². The van der Waals surface area contributed by atoms with Gasteiger partial charge in [-0.25, -0.2) is 0 Å². The molecule has 0 aliphatic rings. The number of alkyl halides is 3. The van der Waals surface area contributed by atoms with Crippen LogP contribution in [-0.2, 0) is 13.2 Å². The van der Waals surface area contributed by atoms with Crippen LogP contribution in [0.2, 0.25) is 5.15 Å². The van der Waals surface area contributed by atoms with Crippen LogP contribution in [-0.4, -0.2) is 20.5 Å². The monoisotopic (exact) mass is 315 g/mol. The Morgan fingerprint density at radius 1 is 1.38 bits per heavy atom. The van der Waals surface area contributed by atoms with Crippen LogP contribution in [0.5, 0.6) is 0 Å². The average Bonchev–Trinajstić information content (AvgIpc) is 2.73. The van der Waals surface area contributed by atoms with Crippen molar-refractivity contribution >= 4 is 23.5 Å². The number of rotatable bonds is 3. The molecular weight excluding hydrogens is 307 g/mol. The lowest BCUT2D eigenvalue weighted by atomic mass is 10.2. The molecule has 0 aliphatic heterocycles. The standard InChI is InChI=1S/C13H9ClF3N3O/c1-20-12(14)8(11(19-20)13(15,16)17)5-6-10(21)9-4-2-3-7-18-9/h2-7H,1H3/b6-5+. The molecular formula is C13H9ClF3N3O. The van der Waals surface area contributed by atoms with Crippen LogP contribution >= 0.6 is 11.6 Å².